The Labute approximate surface area is 608 Å². The minimum Gasteiger partial charge on any atom is -0.469 e. The highest BCUT2D eigenvalue weighted by Gasteiger charge is 2.38. The van der Waals surface area contributed by atoms with Crippen LogP contribution in [0.1, 0.15) is 322 Å². The average molecular weight is 1450 g/mol. The van der Waals surface area contributed by atoms with Crippen LogP contribution in [-0.4, -0.2) is 116 Å². The minimum atomic E-state index is -3.09. The van der Waals surface area contributed by atoms with Crippen molar-refractivity contribution >= 4 is 78.1 Å². The van der Waals surface area contributed by atoms with Gasteiger partial charge in [-0.15, -0.1) is 0 Å². The number of sulfone groups is 2. The molecule has 0 aliphatic heterocycles. The van der Waals surface area contributed by atoms with Gasteiger partial charge < -0.3 is 19.0 Å². The molecule has 0 heterocycles. The lowest BCUT2D eigenvalue weighted by Crippen LogP contribution is -2.36. The fourth-order valence-corrected chi connectivity index (χ4v) is 11.3. The van der Waals surface area contributed by atoms with Gasteiger partial charge >= 0.3 is 17.9 Å². The third kappa shape index (κ3) is 52.6. The summed E-state index contributed by atoms with van der Waals surface area (Å²) < 4.78 is 60.2. The maximum atomic E-state index is 12.3. The molecule has 0 saturated carbocycles. The first-order valence-electron chi connectivity index (χ1n) is 36.0. The lowest BCUT2D eigenvalue weighted by molar-refractivity contribution is -0.164. The van der Waals surface area contributed by atoms with Crippen LogP contribution in [-0.2, 0) is 81.8 Å². The molecule has 0 aromatic carbocycles. The molecule has 17 nitrogen and oxygen atoms in total. The van der Waals surface area contributed by atoms with Crippen LogP contribution in [0.15, 0.2) is 0 Å². The maximum Gasteiger partial charge on any atom is 0.311 e. The van der Waals surface area contributed by atoms with Gasteiger partial charge in [0.05, 0.1) is 41.6 Å². The molecule has 0 aliphatic carbocycles. The highest BCUT2D eigenvalue weighted by Crippen LogP contribution is 2.33. The second-order valence-electron chi connectivity index (χ2n) is 37.3. The van der Waals surface area contributed by atoms with Crippen molar-refractivity contribution in [1.29, 1.82) is 0 Å². The predicted octanol–water partition coefficient (Wildman–Crippen LogP) is 18.4. The molecule has 0 aromatic heterocycles. The number of ketones is 7. The number of rotatable bonds is 24. The topological polar surface area (TPSA) is 267 Å². The van der Waals surface area contributed by atoms with Crippen molar-refractivity contribution in [3.63, 3.8) is 0 Å². The molecule has 588 valence electrons. The number of Topliss-reactive ketones (excluding diaryl/α,β-unsaturated/α-hetero) is 7. The zero-order chi connectivity index (χ0) is 81.5. The van der Waals surface area contributed by atoms with Gasteiger partial charge in [-0.05, 0) is 126 Å². The van der Waals surface area contributed by atoms with Crippen LogP contribution in [0.4, 0.5) is 0 Å². The summed E-state index contributed by atoms with van der Waals surface area (Å²) in [5, 5.41) is 0. The second kappa shape index (κ2) is 45.3. The number of hydrogen-bond acceptors (Lipinski definition) is 17. The van der Waals surface area contributed by atoms with E-state index in [0.717, 1.165) is 0 Å². The van der Waals surface area contributed by atoms with E-state index in [1.807, 2.05) is 249 Å². The van der Waals surface area contributed by atoms with Crippen molar-refractivity contribution in [2.75, 3.05) is 24.4 Å². The van der Waals surface area contributed by atoms with Crippen molar-refractivity contribution in [3.8, 4) is 0 Å². The normalized spacial score (nSPS) is 14.1. The Morgan fingerprint density at radius 1 is 0.354 bits per heavy atom. The number of methoxy groups -OCH3 is 1. The average Bonchev–Trinajstić information content (AvgIpc) is 0.880. The molecule has 19 heteroatoms. The number of hydrogen-bond donors (Lipinski definition) is 0. The summed E-state index contributed by atoms with van der Waals surface area (Å²) in [5.74, 6) is 0.357. The monoisotopic (exact) mass is 1450 g/mol. The molecular weight excluding hydrogens is 1300 g/mol. The standard InChI is InChI=1S/C15H28O3.C13H24O2.C12H24O3S.C12H22O3.C12H22O2.C9H18O2.C7H16O2S/c1-10(2)11(13(17)14(3,4)5)9-12(16)18-15(6,7)8;1-7-10(14)8-11(9(2)3)12(15)13(4,5)6;1-7-16(14,15)8-10(9(2)3)11(13)12(4,5)6;1-8(2)9(7-10(13)15-6)11(14)12(3,4)5;1-8(2)10(7-9(3)13)11(14)12(4,5)6;1-8(2,3)7(10)11-9(4,5)6;1-5-6-10(8,9)7(2,3)4/h10-11H,9H2,1-8H3;9,11H,7-8H2,1-6H3;9-10H,7-8H2,1-6H3;8-9H,7H2,1-6H3;8,10H,7H2,1-6H3;1-6H3;5-6H2,1-4H3. The van der Waals surface area contributed by atoms with Crippen molar-refractivity contribution in [2.45, 2.75) is 338 Å². The van der Waals surface area contributed by atoms with Crippen LogP contribution in [0.3, 0.4) is 0 Å². The first kappa shape index (κ1) is 108. The summed E-state index contributed by atoms with van der Waals surface area (Å²) in [7, 11) is -4.59. The summed E-state index contributed by atoms with van der Waals surface area (Å²) in [4.78, 5) is 117. The number of carbonyl (C=O) groups is 10. The molecule has 0 amide bonds. The van der Waals surface area contributed by atoms with Gasteiger partial charge in [-0.3, -0.25) is 43.2 Å². The Balaban J connectivity index is -0.000000201. The van der Waals surface area contributed by atoms with E-state index in [1.54, 1.807) is 34.6 Å². The lowest BCUT2D eigenvalue weighted by Gasteiger charge is -2.28. The SMILES string of the molecule is CC(=O)CC(C(=O)C(C)(C)C)C(C)C.CC(C)(C)OC(=O)C(C)(C)C.CC(C)C(CC(=O)OC(C)(C)C)C(=O)C(C)(C)C.CCC(=O)CC(C(=O)C(C)(C)C)C(C)C.CCCS(=O)(=O)C(C)(C)C.CCS(=O)(=O)CC(C(=O)C(C)(C)C)C(C)C.COC(=O)CC(C(=O)C(C)(C)C)C(C)C. The van der Waals surface area contributed by atoms with Crippen molar-refractivity contribution in [1.82, 2.24) is 0 Å². The predicted molar refractivity (Wildman–Crippen MR) is 410 cm³/mol. The van der Waals surface area contributed by atoms with E-state index in [0.29, 0.717) is 31.4 Å². The van der Waals surface area contributed by atoms with Crippen LogP contribution in [0.25, 0.3) is 0 Å². The van der Waals surface area contributed by atoms with Gasteiger partial charge in [-0.1, -0.05) is 194 Å². The maximum absolute atomic E-state index is 12.3. The second-order valence-corrected chi connectivity index (χ2v) is 42.5. The summed E-state index contributed by atoms with van der Waals surface area (Å²) >= 11 is 0. The highest BCUT2D eigenvalue weighted by molar-refractivity contribution is 7.92. The molecule has 0 rings (SSSR count). The van der Waals surface area contributed by atoms with Crippen LogP contribution in [0, 0.1) is 91.7 Å². The van der Waals surface area contributed by atoms with E-state index >= 15 is 0 Å². The molecule has 0 bridgehead atoms. The van der Waals surface area contributed by atoms with E-state index in [9.17, 15) is 64.8 Å². The first-order chi connectivity index (χ1) is 43.3. The van der Waals surface area contributed by atoms with Crippen molar-refractivity contribution in [3.05, 3.63) is 0 Å². The zero-order valence-electron chi connectivity index (χ0n) is 71.4. The van der Waals surface area contributed by atoms with E-state index < -0.39 is 51.7 Å². The van der Waals surface area contributed by atoms with Crippen LogP contribution in [0.5, 0.6) is 0 Å². The molecule has 0 fully saturated rings. The molecule has 0 spiro atoms. The molecule has 99 heavy (non-hydrogen) atoms. The van der Waals surface area contributed by atoms with Gasteiger partial charge in [0.1, 0.15) is 51.7 Å². The first-order valence-corrected chi connectivity index (χ1v) is 39.5. The third-order valence-electron chi connectivity index (χ3n) is 15.5. The molecular formula is C80H154O17S2. The van der Waals surface area contributed by atoms with E-state index in [4.69, 9.17) is 9.47 Å². The number of esters is 3. The van der Waals surface area contributed by atoms with Gasteiger partial charge in [-0.2, -0.15) is 0 Å². The van der Waals surface area contributed by atoms with Gasteiger partial charge in [0.2, 0.25) is 0 Å². The number of ether oxygens (including phenoxy) is 3. The summed E-state index contributed by atoms with van der Waals surface area (Å²) in [5.41, 5.74) is -3.24. The molecule has 0 radical (unpaired) electrons. The van der Waals surface area contributed by atoms with Gasteiger partial charge in [0.25, 0.3) is 0 Å². The minimum absolute atomic E-state index is 0.0166. The van der Waals surface area contributed by atoms with Gasteiger partial charge in [0, 0.05) is 81.7 Å². The Morgan fingerprint density at radius 2 is 0.616 bits per heavy atom. The third-order valence-corrected chi connectivity index (χ3v) is 20.0. The molecule has 0 N–H and O–H groups in total. The molecule has 5 unspecified atom stereocenters. The van der Waals surface area contributed by atoms with Crippen molar-refractivity contribution in [2.24, 2.45) is 91.7 Å². The largest absolute Gasteiger partial charge is 0.469 e. The van der Waals surface area contributed by atoms with Gasteiger partial charge in [0.15, 0.2) is 19.7 Å². The summed E-state index contributed by atoms with van der Waals surface area (Å²) in [6.45, 7) is 76.7. The van der Waals surface area contributed by atoms with Gasteiger partial charge in [-0.25, -0.2) is 16.8 Å². The smallest absolute Gasteiger partial charge is 0.311 e. The summed E-state index contributed by atoms with van der Waals surface area (Å²) in [6, 6.07) is 0. The molecule has 0 aromatic rings. The molecule has 0 aliphatic rings. The van der Waals surface area contributed by atoms with E-state index in [1.165, 1.54) is 7.11 Å². The quantitative estimate of drug-likeness (QED) is 0.0642. The van der Waals surface area contributed by atoms with Crippen LogP contribution < -0.4 is 0 Å². The Morgan fingerprint density at radius 3 is 0.798 bits per heavy atom. The Bertz CT molecular complexity index is 2640. The van der Waals surface area contributed by atoms with Crippen molar-refractivity contribution < 1.29 is 79.0 Å². The Hall–Kier alpha value is -4.00. The molecule has 5 atom stereocenters. The van der Waals surface area contributed by atoms with Crippen LogP contribution >= 0.6 is 0 Å². The van der Waals surface area contributed by atoms with E-state index in [2.05, 4.69) is 4.74 Å². The summed E-state index contributed by atoms with van der Waals surface area (Å²) in [6.07, 6.45) is 2.38. The van der Waals surface area contributed by atoms with E-state index in [-0.39, 0.29) is 158 Å². The lowest BCUT2D eigenvalue weighted by atomic mass is 9.76. The fraction of sp³-hybridized carbons (Fsp3) is 0.875. The highest BCUT2D eigenvalue weighted by atomic mass is 32.2. The number of carbonyl (C=O) groups excluding carboxylic acids is 10. The zero-order valence-corrected chi connectivity index (χ0v) is 73.0. The fourth-order valence-electron chi connectivity index (χ4n) is 8.80. The molecule has 0 saturated heterocycles. The Kier molecular flexibility index (Phi) is 49.6. The van der Waals surface area contributed by atoms with Crippen LogP contribution in [0.2, 0.25) is 0 Å².